The maximum atomic E-state index is 11.6. The number of aldehydes is 1. The second kappa shape index (κ2) is 6.22. The predicted octanol–water partition coefficient (Wildman–Crippen LogP) is 1.29. The van der Waals surface area contributed by atoms with Gasteiger partial charge in [-0.25, -0.2) is 4.79 Å². The Morgan fingerprint density at radius 3 is 2.29 bits per heavy atom. The molecule has 0 saturated heterocycles. The number of carboxylic acids is 1. The predicted molar refractivity (Wildman–Crippen MR) is 60.7 cm³/mol. The van der Waals surface area contributed by atoms with E-state index in [2.05, 4.69) is 0 Å². The van der Waals surface area contributed by atoms with E-state index in [1.807, 2.05) is 0 Å². The van der Waals surface area contributed by atoms with E-state index in [4.69, 9.17) is 9.84 Å². The van der Waals surface area contributed by atoms with E-state index in [0.717, 1.165) is 4.90 Å². The molecule has 6 heteroatoms. The van der Waals surface area contributed by atoms with Gasteiger partial charge in [-0.3, -0.25) is 4.79 Å². The summed E-state index contributed by atoms with van der Waals surface area (Å²) >= 11 is 0. The van der Waals surface area contributed by atoms with Crippen LogP contribution in [0.3, 0.4) is 0 Å². The van der Waals surface area contributed by atoms with Gasteiger partial charge in [0.25, 0.3) is 0 Å². The molecule has 0 rings (SSSR count). The Labute approximate surface area is 101 Å². The van der Waals surface area contributed by atoms with Crippen molar-refractivity contribution in [3.05, 3.63) is 0 Å². The number of aliphatic carboxylic acids is 1. The molecule has 0 aliphatic rings. The standard InChI is InChI=1S/C11H19NO5/c1-11(2,3)17-10(16)12(4)8(7-13)5-6-9(14)15/h7-8H,5-6H2,1-4H3,(H,14,15)/t8-/m0/s1. The minimum absolute atomic E-state index is 0.0780. The van der Waals surface area contributed by atoms with Gasteiger partial charge in [0, 0.05) is 13.5 Å². The molecule has 98 valence electrons. The number of nitrogens with zero attached hydrogens (tertiary/aromatic N) is 1. The van der Waals surface area contributed by atoms with E-state index < -0.39 is 23.7 Å². The summed E-state index contributed by atoms with van der Waals surface area (Å²) in [5, 5.41) is 8.51. The summed E-state index contributed by atoms with van der Waals surface area (Å²) in [5.41, 5.74) is -0.647. The molecule has 0 aromatic rings. The highest BCUT2D eigenvalue weighted by molar-refractivity contribution is 5.74. The third-order valence-electron chi connectivity index (χ3n) is 1.99. The zero-order chi connectivity index (χ0) is 13.6. The molecule has 1 atom stereocenters. The fraction of sp³-hybridized carbons (Fsp3) is 0.727. The summed E-state index contributed by atoms with van der Waals surface area (Å²) in [6.07, 6.45) is -0.183. The van der Waals surface area contributed by atoms with Crippen molar-refractivity contribution in [2.24, 2.45) is 0 Å². The van der Waals surface area contributed by atoms with Gasteiger partial charge in [0.15, 0.2) is 0 Å². The molecule has 0 radical (unpaired) electrons. The monoisotopic (exact) mass is 245 g/mol. The highest BCUT2D eigenvalue weighted by Gasteiger charge is 2.25. The molecule has 0 saturated carbocycles. The van der Waals surface area contributed by atoms with Crippen molar-refractivity contribution in [1.29, 1.82) is 0 Å². The quantitative estimate of drug-likeness (QED) is 0.738. The normalized spacial score (nSPS) is 12.7. The second-order valence-corrected chi connectivity index (χ2v) is 4.73. The van der Waals surface area contributed by atoms with Crippen molar-refractivity contribution in [2.75, 3.05) is 7.05 Å². The summed E-state index contributed by atoms with van der Waals surface area (Å²) in [7, 11) is 1.41. The van der Waals surface area contributed by atoms with Crippen LogP contribution in [-0.2, 0) is 14.3 Å². The van der Waals surface area contributed by atoms with Crippen LogP contribution in [0.5, 0.6) is 0 Å². The molecule has 0 fully saturated rings. The van der Waals surface area contributed by atoms with E-state index in [0.29, 0.717) is 6.29 Å². The Morgan fingerprint density at radius 1 is 1.41 bits per heavy atom. The molecule has 6 nitrogen and oxygen atoms in total. The molecule has 0 bridgehead atoms. The number of carbonyl (C=O) groups excluding carboxylic acids is 2. The molecule has 17 heavy (non-hydrogen) atoms. The van der Waals surface area contributed by atoms with Gasteiger partial charge in [0.2, 0.25) is 0 Å². The minimum atomic E-state index is -1.01. The van der Waals surface area contributed by atoms with Gasteiger partial charge in [-0.05, 0) is 27.2 Å². The molecule has 1 N–H and O–H groups in total. The van der Waals surface area contributed by atoms with E-state index >= 15 is 0 Å². The van der Waals surface area contributed by atoms with Gasteiger partial charge in [-0.1, -0.05) is 0 Å². The van der Waals surface area contributed by atoms with Gasteiger partial charge in [0.05, 0.1) is 6.04 Å². The van der Waals surface area contributed by atoms with Crippen LogP contribution < -0.4 is 0 Å². The average Bonchev–Trinajstić information content (AvgIpc) is 2.15. The van der Waals surface area contributed by atoms with Crippen LogP contribution in [0.1, 0.15) is 33.6 Å². The molecule has 0 aliphatic heterocycles. The molecule has 0 aromatic heterocycles. The number of hydrogen-bond donors (Lipinski definition) is 1. The van der Waals surface area contributed by atoms with Crippen LogP contribution in [0.25, 0.3) is 0 Å². The lowest BCUT2D eigenvalue weighted by Crippen LogP contribution is -2.41. The maximum absolute atomic E-state index is 11.6. The van der Waals surface area contributed by atoms with Crippen molar-refractivity contribution in [3.63, 3.8) is 0 Å². The number of carbonyl (C=O) groups is 3. The van der Waals surface area contributed by atoms with Crippen LogP contribution in [0.15, 0.2) is 0 Å². The van der Waals surface area contributed by atoms with Gasteiger partial charge in [0.1, 0.15) is 11.9 Å². The molecule has 0 spiro atoms. The topological polar surface area (TPSA) is 83.9 Å². The number of hydrogen-bond acceptors (Lipinski definition) is 4. The number of ether oxygens (including phenoxy) is 1. The highest BCUT2D eigenvalue weighted by atomic mass is 16.6. The first-order valence-corrected chi connectivity index (χ1v) is 5.30. The Balaban J connectivity index is 4.42. The Kier molecular flexibility index (Phi) is 5.64. The lowest BCUT2D eigenvalue weighted by atomic mass is 10.1. The van der Waals surface area contributed by atoms with E-state index in [9.17, 15) is 14.4 Å². The minimum Gasteiger partial charge on any atom is -0.481 e. The fourth-order valence-electron chi connectivity index (χ4n) is 1.09. The zero-order valence-corrected chi connectivity index (χ0v) is 10.6. The van der Waals surface area contributed by atoms with Gasteiger partial charge >= 0.3 is 12.1 Å². The Bertz CT molecular complexity index is 295. The number of amides is 1. The van der Waals surface area contributed by atoms with E-state index in [1.54, 1.807) is 20.8 Å². The largest absolute Gasteiger partial charge is 0.481 e. The summed E-state index contributed by atoms with van der Waals surface area (Å²) < 4.78 is 5.07. The first-order chi connectivity index (χ1) is 7.67. The average molecular weight is 245 g/mol. The molecule has 0 aromatic carbocycles. The van der Waals surface area contributed by atoms with Crippen LogP contribution in [0.4, 0.5) is 4.79 Å². The van der Waals surface area contributed by atoms with Crippen molar-refractivity contribution < 1.29 is 24.2 Å². The van der Waals surface area contributed by atoms with Crippen LogP contribution in [0.2, 0.25) is 0 Å². The smallest absolute Gasteiger partial charge is 0.410 e. The lowest BCUT2D eigenvalue weighted by molar-refractivity contribution is -0.137. The molecular weight excluding hydrogens is 226 g/mol. The first-order valence-electron chi connectivity index (χ1n) is 5.30. The molecule has 0 aliphatic carbocycles. The summed E-state index contributed by atoms with van der Waals surface area (Å²) in [6, 6.07) is -0.777. The van der Waals surface area contributed by atoms with Gasteiger partial charge < -0.3 is 19.5 Å². The summed E-state index contributed by atoms with van der Waals surface area (Å²) in [6.45, 7) is 5.14. The third kappa shape index (κ3) is 6.55. The third-order valence-corrected chi connectivity index (χ3v) is 1.99. The van der Waals surface area contributed by atoms with Gasteiger partial charge in [-0.2, -0.15) is 0 Å². The van der Waals surface area contributed by atoms with Crippen LogP contribution in [-0.4, -0.2) is 47.0 Å². The number of carboxylic acid groups (broad SMARTS) is 1. The van der Waals surface area contributed by atoms with E-state index in [-0.39, 0.29) is 12.8 Å². The summed E-state index contributed by atoms with van der Waals surface area (Å²) in [4.78, 5) is 33.9. The molecular formula is C11H19NO5. The van der Waals surface area contributed by atoms with Crippen molar-refractivity contribution in [3.8, 4) is 0 Å². The number of rotatable bonds is 5. The SMILES string of the molecule is CN(C(=O)OC(C)(C)C)[C@H](C=O)CCC(=O)O. The second-order valence-electron chi connectivity index (χ2n) is 4.73. The maximum Gasteiger partial charge on any atom is 0.410 e. The van der Waals surface area contributed by atoms with Crippen molar-refractivity contribution in [2.45, 2.75) is 45.3 Å². The van der Waals surface area contributed by atoms with Gasteiger partial charge in [-0.15, -0.1) is 0 Å². The van der Waals surface area contributed by atoms with Crippen molar-refractivity contribution >= 4 is 18.3 Å². The summed E-state index contributed by atoms with van der Waals surface area (Å²) in [5.74, 6) is -1.01. The molecule has 0 unspecified atom stereocenters. The molecule has 1 amide bonds. The highest BCUT2D eigenvalue weighted by Crippen LogP contribution is 2.12. The lowest BCUT2D eigenvalue weighted by Gasteiger charge is -2.27. The number of likely N-dealkylation sites (N-methyl/N-ethyl adjacent to an activating group) is 1. The Morgan fingerprint density at radius 2 is 1.94 bits per heavy atom. The first kappa shape index (κ1) is 15.4. The Hall–Kier alpha value is -1.59. The zero-order valence-electron chi connectivity index (χ0n) is 10.6. The van der Waals surface area contributed by atoms with Crippen LogP contribution >= 0.6 is 0 Å². The fourth-order valence-corrected chi connectivity index (χ4v) is 1.09. The molecule has 0 heterocycles. The van der Waals surface area contributed by atoms with E-state index in [1.165, 1.54) is 7.05 Å². The van der Waals surface area contributed by atoms with Crippen molar-refractivity contribution in [1.82, 2.24) is 4.90 Å². The van der Waals surface area contributed by atoms with Crippen LogP contribution in [0, 0.1) is 0 Å².